The highest BCUT2D eigenvalue weighted by Gasteiger charge is 2.38. The number of nitrogens with one attached hydrogen (secondary N) is 2. The van der Waals surface area contributed by atoms with Crippen molar-refractivity contribution in [1.29, 1.82) is 0 Å². The highest BCUT2D eigenvalue weighted by atomic mass is 16.5. The molecule has 1 atom stereocenters. The van der Waals surface area contributed by atoms with Gasteiger partial charge in [0.1, 0.15) is 0 Å². The number of anilines is 2. The van der Waals surface area contributed by atoms with Crippen LogP contribution in [-0.4, -0.2) is 73.6 Å². The molecule has 0 saturated carbocycles. The minimum Gasteiger partial charge on any atom is -0.478 e. The molecule has 0 spiro atoms. The van der Waals surface area contributed by atoms with Crippen LogP contribution in [0, 0.1) is 0 Å². The van der Waals surface area contributed by atoms with Crippen molar-refractivity contribution in [3.05, 3.63) is 58.7 Å². The van der Waals surface area contributed by atoms with Crippen molar-refractivity contribution >= 4 is 41.0 Å². The summed E-state index contributed by atoms with van der Waals surface area (Å²) in [5.41, 5.74) is 0.784. The molecule has 3 N–H and O–H groups in total. The molecule has 2 aromatic carbocycles. The highest BCUT2D eigenvalue weighted by Crippen LogP contribution is 2.33. The standard InChI is InChI=1S/C25H24N4O7/c30-21(27-22(31)19-2-1-7-26-19)18-13-15(4-6-20(18)28-8-10-36-11-9-28)29-23(32)16-5-3-14(25(34)35)12-17(16)24(29)33/h3-6,12-13,19,26H,1-2,7-11H2,(H,34,35)(H,27,30,31)/t19-/m1/s1. The van der Waals surface area contributed by atoms with Crippen LogP contribution in [-0.2, 0) is 9.53 Å². The highest BCUT2D eigenvalue weighted by molar-refractivity contribution is 6.35. The van der Waals surface area contributed by atoms with E-state index < -0.39 is 35.6 Å². The maximum Gasteiger partial charge on any atom is 0.335 e. The number of morpholine rings is 1. The number of hydrogen-bond acceptors (Lipinski definition) is 8. The molecule has 2 fully saturated rings. The quantitative estimate of drug-likeness (QED) is 0.521. The Labute approximate surface area is 206 Å². The van der Waals surface area contributed by atoms with Crippen molar-refractivity contribution in [2.24, 2.45) is 0 Å². The number of ether oxygens (including phenoxy) is 1. The molecule has 4 amide bonds. The summed E-state index contributed by atoms with van der Waals surface area (Å²) >= 11 is 0. The molecule has 0 radical (unpaired) electrons. The van der Waals surface area contributed by atoms with Gasteiger partial charge < -0.3 is 20.1 Å². The Balaban J connectivity index is 1.50. The smallest absolute Gasteiger partial charge is 0.335 e. The van der Waals surface area contributed by atoms with E-state index in [1.54, 1.807) is 12.1 Å². The molecule has 2 aromatic rings. The predicted octanol–water partition coefficient (Wildman–Crippen LogP) is 1.03. The summed E-state index contributed by atoms with van der Waals surface area (Å²) in [6, 6.07) is 7.89. The number of fused-ring (bicyclic) bond motifs is 1. The van der Waals surface area contributed by atoms with E-state index in [2.05, 4.69) is 10.6 Å². The number of carboxylic acid groups (broad SMARTS) is 1. The number of imide groups is 2. The summed E-state index contributed by atoms with van der Waals surface area (Å²) in [4.78, 5) is 66.3. The van der Waals surface area contributed by atoms with Gasteiger partial charge in [0.05, 0.1) is 47.2 Å². The normalized spacial score (nSPS) is 19.4. The zero-order valence-corrected chi connectivity index (χ0v) is 19.3. The van der Waals surface area contributed by atoms with Crippen LogP contribution in [0.15, 0.2) is 36.4 Å². The lowest BCUT2D eigenvalue weighted by atomic mass is 10.1. The predicted molar refractivity (Wildman–Crippen MR) is 128 cm³/mol. The SMILES string of the molecule is O=C(O)c1ccc2c(c1)C(=O)N(c1ccc(N3CCOCC3)c(C(=O)NC(=O)[C@H]3CCCN3)c1)C2=O. The Morgan fingerprint density at radius 2 is 1.75 bits per heavy atom. The Morgan fingerprint density at radius 3 is 2.44 bits per heavy atom. The van der Waals surface area contributed by atoms with E-state index in [9.17, 15) is 29.1 Å². The number of carboxylic acids is 1. The molecule has 3 aliphatic rings. The third-order valence-corrected chi connectivity index (χ3v) is 6.58. The van der Waals surface area contributed by atoms with Crippen LogP contribution < -0.4 is 20.4 Å². The van der Waals surface area contributed by atoms with Gasteiger partial charge in [0.15, 0.2) is 0 Å². The van der Waals surface area contributed by atoms with Gasteiger partial charge in [0, 0.05) is 18.8 Å². The Morgan fingerprint density at radius 1 is 1.00 bits per heavy atom. The van der Waals surface area contributed by atoms with Gasteiger partial charge in [-0.15, -0.1) is 0 Å². The fourth-order valence-electron chi connectivity index (χ4n) is 4.71. The number of rotatable bonds is 5. The zero-order chi connectivity index (χ0) is 25.4. The third kappa shape index (κ3) is 4.23. The van der Waals surface area contributed by atoms with E-state index in [4.69, 9.17) is 4.74 Å². The molecule has 3 heterocycles. The molecule has 186 valence electrons. The van der Waals surface area contributed by atoms with Crippen molar-refractivity contribution in [2.45, 2.75) is 18.9 Å². The van der Waals surface area contributed by atoms with Gasteiger partial charge in [-0.05, 0) is 55.8 Å². The first kappa shape index (κ1) is 23.6. The molecule has 0 aliphatic carbocycles. The minimum atomic E-state index is -1.22. The number of carbonyl (C=O) groups is 5. The molecule has 2 saturated heterocycles. The van der Waals surface area contributed by atoms with Crippen molar-refractivity contribution in [2.75, 3.05) is 42.6 Å². The largest absolute Gasteiger partial charge is 0.478 e. The summed E-state index contributed by atoms with van der Waals surface area (Å²) < 4.78 is 5.41. The van der Waals surface area contributed by atoms with E-state index in [0.29, 0.717) is 45.0 Å². The molecule has 5 rings (SSSR count). The van der Waals surface area contributed by atoms with E-state index in [1.807, 2.05) is 4.90 Å². The van der Waals surface area contributed by atoms with Crippen molar-refractivity contribution < 1.29 is 33.8 Å². The molecule has 0 unspecified atom stereocenters. The Kier molecular flexibility index (Phi) is 6.25. The molecular weight excluding hydrogens is 468 g/mol. The van der Waals surface area contributed by atoms with Crippen LogP contribution in [0.1, 0.15) is 54.3 Å². The van der Waals surface area contributed by atoms with Crippen LogP contribution in [0.25, 0.3) is 0 Å². The van der Waals surface area contributed by atoms with Crippen molar-refractivity contribution in [3.63, 3.8) is 0 Å². The van der Waals surface area contributed by atoms with Crippen LogP contribution >= 0.6 is 0 Å². The van der Waals surface area contributed by atoms with E-state index in [-0.39, 0.29) is 27.9 Å². The van der Waals surface area contributed by atoms with Gasteiger partial charge in [-0.25, -0.2) is 9.69 Å². The second-order valence-corrected chi connectivity index (χ2v) is 8.78. The maximum absolute atomic E-state index is 13.3. The number of carbonyl (C=O) groups excluding carboxylic acids is 4. The van der Waals surface area contributed by atoms with Crippen molar-refractivity contribution in [1.82, 2.24) is 10.6 Å². The lowest BCUT2D eigenvalue weighted by molar-refractivity contribution is -0.121. The molecule has 3 aliphatic heterocycles. The van der Waals surface area contributed by atoms with E-state index >= 15 is 0 Å². The molecule has 36 heavy (non-hydrogen) atoms. The summed E-state index contributed by atoms with van der Waals surface area (Å²) in [5, 5.41) is 14.7. The average Bonchev–Trinajstić information content (AvgIpc) is 3.51. The molecule has 11 heteroatoms. The Hall–Kier alpha value is -4.09. The maximum atomic E-state index is 13.3. The molecule has 0 aromatic heterocycles. The summed E-state index contributed by atoms with van der Waals surface area (Å²) in [6.07, 6.45) is 1.47. The van der Waals surface area contributed by atoms with E-state index in [1.165, 1.54) is 24.3 Å². The van der Waals surface area contributed by atoms with Crippen LogP contribution in [0.3, 0.4) is 0 Å². The number of amides is 4. The molecular formula is C25H24N4O7. The third-order valence-electron chi connectivity index (χ3n) is 6.58. The molecule has 0 bridgehead atoms. The first-order valence-corrected chi connectivity index (χ1v) is 11.7. The van der Waals surface area contributed by atoms with Gasteiger partial charge in [-0.3, -0.25) is 24.5 Å². The lowest BCUT2D eigenvalue weighted by Gasteiger charge is -2.31. The second kappa shape index (κ2) is 9.51. The van der Waals surface area contributed by atoms with Crippen LogP contribution in [0.2, 0.25) is 0 Å². The second-order valence-electron chi connectivity index (χ2n) is 8.78. The monoisotopic (exact) mass is 492 g/mol. The first-order chi connectivity index (χ1) is 17.3. The average molecular weight is 492 g/mol. The first-order valence-electron chi connectivity index (χ1n) is 11.7. The van der Waals surface area contributed by atoms with Gasteiger partial charge >= 0.3 is 5.97 Å². The number of benzene rings is 2. The van der Waals surface area contributed by atoms with Gasteiger partial charge in [-0.1, -0.05) is 0 Å². The van der Waals surface area contributed by atoms with Gasteiger partial charge in [0.25, 0.3) is 17.7 Å². The van der Waals surface area contributed by atoms with Crippen molar-refractivity contribution in [3.8, 4) is 0 Å². The number of nitrogens with zero attached hydrogens (tertiary/aromatic N) is 2. The van der Waals surface area contributed by atoms with E-state index in [0.717, 1.165) is 11.3 Å². The topological polar surface area (TPSA) is 145 Å². The zero-order valence-electron chi connectivity index (χ0n) is 19.3. The molecule has 11 nitrogen and oxygen atoms in total. The van der Waals surface area contributed by atoms with Gasteiger partial charge in [0.2, 0.25) is 5.91 Å². The summed E-state index contributed by atoms with van der Waals surface area (Å²) in [5.74, 6) is -3.59. The number of aromatic carboxylic acids is 1. The Bertz CT molecular complexity index is 1280. The minimum absolute atomic E-state index is 0.0226. The fraction of sp³-hybridized carbons (Fsp3) is 0.320. The number of hydrogen-bond donors (Lipinski definition) is 3. The fourth-order valence-corrected chi connectivity index (χ4v) is 4.71. The van der Waals surface area contributed by atoms with Crippen LogP contribution in [0.5, 0.6) is 0 Å². The summed E-state index contributed by atoms with van der Waals surface area (Å²) in [6.45, 7) is 2.70. The lowest BCUT2D eigenvalue weighted by Crippen LogP contribution is -2.44. The van der Waals surface area contributed by atoms with Gasteiger partial charge in [-0.2, -0.15) is 0 Å². The van der Waals surface area contributed by atoms with Crippen LogP contribution in [0.4, 0.5) is 11.4 Å². The summed E-state index contributed by atoms with van der Waals surface area (Å²) in [7, 11) is 0.